The molecule has 1 atom stereocenters. The highest BCUT2D eigenvalue weighted by atomic mass is 35.5. The zero-order valence-corrected chi connectivity index (χ0v) is 13.0. The third-order valence-electron chi connectivity index (χ3n) is 3.46. The minimum Gasteiger partial charge on any atom is -0.465 e. The Hall–Kier alpha value is -2.73. The second-order valence-corrected chi connectivity index (χ2v) is 5.61. The number of carbonyl (C=O) groups is 2. The molecule has 1 heterocycles. The molecule has 0 aliphatic carbocycles. The van der Waals surface area contributed by atoms with Crippen molar-refractivity contribution in [3.05, 3.63) is 53.6 Å². The van der Waals surface area contributed by atoms with Gasteiger partial charge < -0.3 is 10.1 Å². The highest BCUT2D eigenvalue weighted by molar-refractivity contribution is 6.31. The summed E-state index contributed by atoms with van der Waals surface area (Å²) in [5, 5.41) is 3.10. The van der Waals surface area contributed by atoms with Gasteiger partial charge in [-0.2, -0.15) is 0 Å². The lowest BCUT2D eigenvalue weighted by Crippen LogP contribution is -2.59. The molecule has 2 aromatic carbocycles. The van der Waals surface area contributed by atoms with E-state index in [1.54, 1.807) is 30.3 Å². The Morgan fingerprint density at radius 2 is 1.96 bits per heavy atom. The summed E-state index contributed by atoms with van der Waals surface area (Å²) in [4.78, 5) is 24.7. The van der Waals surface area contributed by atoms with Crippen molar-refractivity contribution in [3.8, 4) is 5.75 Å². The van der Waals surface area contributed by atoms with Crippen LogP contribution in [0.5, 0.6) is 5.75 Å². The second kappa shape index (κ2) is 5.81. The van der Waals surface area contributed by atoms with Crippen LogP contribution in [0.1, 0.15) is 6.92 Å². The van der Waals surface area contributed by atoms with Crippen LogP contribution in [0.25, 0.3) is 0 Å². The summed E-state index contributed by atoms with van der Waals surface area (Å²) in [5.41, 5.74) is 4.65. The predicted molar refractivity (Wildman–Crippen MR) is 87.3 cm³/mol. The maximum Gasteiger partial charge on any atom is 0.292 e. The number of ether oxygens (including phenoxy) is 1. The molecule has 3 N–H and O–H groups in total. The van der Waals surface area contributed by atoms with Gasteiger partial charge in [-0.15, -0.1) is 0 Å². The summed E-state index contributed by atoms with van der Waals surface area (Å²) in [5.74, 6) is -0.801. The molecule has 0 spiro atoms. The molecule has 1 unspecified atom stereocenters. The average Bonchev–Trinajstić information content (AvgIpc) is 2.55. The molecule has 23 heavy (non-hydrogen) atoms. The van der Waals surface area contributed by atoms with Crippen LogP contribution in [0.3, 0.4) is 0 Å². The van der Waals surface area contributed by atoms with Gasteiger partial charge in [-0.1, -0.05) is 29.8 Å². The van der Waals surface area contributed by atoms with E-state index in [2.05, 4.69) is 16.2 Å². The number of benzene rings is 2. The van der Waals surface area contributed by atoms with Crippen LogP contribution in [-0.2, 0) is 9.59 Å². The molecular formula is C16H14ClN3O3. The number of hydrazine groups is 1. The van der Waals surface area contributed by atoms with Crippen LogP contribution >= 0.6 is 11.6 Å². The minimum atomic E-state index is -1.69. The molecule has 0 saturated heterocycles. The lowest BCUT2D eigenvalue weighted by molar-refractivity contribution is -0.146. The zero-order chi connectivity index (χ0) is 16.4. The van der Waals surface area contributed by atoms with Crippen LogP contribution in [0.2, 0.25) is 5.02 Å². The topological polar surface area (TPSA) is 79.5 Å². The fourth-order valence-corrected chi connectivity index (χ4v) is 2.29. The first-order valence-corrected chi connectivity index (χ1v) is 7.28. The third-order valence-corrected chi connectivity index (χ3v) is 3.70. The number of hydrogen-bond acceptors (Lipinski definition) is 4. The normalized spacial score (nSPS) is 19.1. The Labute approximate surface area is 137 Å². The van der Waals surface area contributed by atoms with Gasteiger partial charge in [-0.25, -0.2) is 0 Å². The van der Waals surface area contributed by atoms with E-state index < -0.39 is 17.4 Å². The minimum absolute atomic E-state index is 0.381. The molecule has 0 radical (unpaired) electrons. The zero-order valence-electron chi connectivity index (χ0n) is 12.2. The van der Waals surface area contributed by atoms with Crippen molar-refractivity contribution in [1.29, 1.82) is 0 Å². The van der Waals surface area contributed by atoms with E-state index in [0.717, 1.165) is 0 Å². The Bertz CT molecular complexity index is 766. The van der Waals surface area contributed by atoms with Gasteiger partial charge in [-0.3, -0.25) is 20.4 Å². The quantitative estimate of drug-likeness (QED) is 0.596. The highest BCUT2D eigenvalue weighted by Crippen LogP contribution is 2.35. The average molecular weight is 332 g/mol. The van der Waals surface area contributed by atoms with Crippen LogP contribution in [0.4, 0.5) is 11.4 Å². The van der Waals surface area contributed by atoms with Crippen LogP contribution in [0, 0.1) is 0 Å². The number of halogens is 1. The van der Waals surface area contributed by atoms with E-state index in [1.807, 2.05) is 18.2 Å². The molecule has 6 nitrogen and oxygen atoms in total. The van der Waals surface area contributed by atoms with Crippen molar-refractivity contribution in [2.24, 2.45) is 0 Å². The molecular weight excluding hydrogens is 318 g/mol. The summed E-state index contributed by atoms with van der Waals surface area (Å²) in [7, 11) is 0. The highest BCUT2D eigenvalue weighted by Gasteiger charge is 2.47. The Morgan fingerprint density at radius 1 is 1.22 bits per heavy atom. The van der Waals surface area contributed by atoms with Crippen molar-refractivity contribution >= 4 is 34.8 Å². The van der Waals surface area contributed by atoms with Crippen LogP contribution in [0.15, 0.2) is 48.5 Å². The van der Waals surface area contributed by atoms with E-state index in [9.17, 15) is 9.59 Å². The third kappa shape index (κ3) is 2.93. The van der Waals surface area contributed by atoms with E-state index >= 15 is 0 Å². The van der Waals surface area contributed by atoms with Gasteiger partial charge in [0, 0.05) is 5.02 Å². The van der Waals surface area contributed by atoms with Crippen molar-refractivity contribution in [1.82, 2.24) is 5.43 Å². The van der Waals surface area contributed by atoms with E-state index in [4.69, 9.17) is 16.3 Å². The van der Waals surface area contributed by atoms with Crippen LogP contribution < -0.4 is 20.9 Å². The number of nitrogens with one attached hydrogen (secondary N) is 3. The Morgan fingerprint density at radius 3 is 2.70 bits per heavy atom. The number of amides is 2. The molecule has 0 fully saturated rings. The molecule has 3 rings (SSSR count). The van der Waals surface area contributed by atoms with Gasteiger partial charge in [0.1, 0.15) is 5.75 Å². The molecule has 118 valence electrons. The van der Waals surface area contributed by atoms with Crippen molar-refractivity contribution < 1.29 is 14.3 Å². The summed E-state index contributed by atoms with van der Waals surface area (Å²) in [6.45, 7) is 1.40. The lowest BCUT2D eigenvalue weighted by atomic mass is 10.0. The standard InChI is InChI=1S/C16H14ClN3O3/c1-16(15(22)20-19-11-5-3-2-4-6-11)14(21)18-12-9-10(17)7-8-13(12)23-16/h2-9,19H,1H3,(H,18,21)(H,20,22). The summed E-state index contributed by atoms with van der Waals surface area (Å²) >= 11 is 5.88. The van der Waals surface area contributed by atoms with Gasteiger partial charge >= 0.3 is 0 Å². The Balaban J connectivity index is 1.77. The van der Waals surface area contributed by atoms with Crippen molar-refractivity contribution in [2.45, 2.75) is 12.5 Å². The van der Waals surface area contributed by atoms with Crippen molar-refractivity contribution in [2.75, 3.05) is 10.7 Å². The number of anilines is 2. The molecule has 0 saturated carbocycles. The summed E-state index contributed by atoms with van der Waals surface area (Å²) in [6.07, 6.45) is 0. The fraction of sp³-hybridized carbons (Fsp3) is 0.125. The van der Waals surface area contributed by atoms with E-state index in [1.165, 1.54) is 6.92 Å². The lowest BCUT2D eigenvalue weighted by Gasteiger charge is -2.33. The maximum atomic E-state index is 12.4. The fourth-order valence-electron chi connectivity index (χ4n) is 2.12. The number of rotatable bonds is 3. The van der Waals surface area contributed by atoms with E-state index in [-0.39, 0.29) is 0 Å². The van der Waals surface area contributed by atoms with Crippen molar-refractivity contribution in [3.63, 3.8) is 0 Å². The van der Waals surface area contributed by atoms with Gasteiger partial charge in [0.2, 0.25) is 0 Å². The van der Waals surface area contributed by atoms with Crippen LogP contribution in [-0.4, -0.2) is 17.4 Å². The van der Waals surface area contributed by atoms with E-state index in [0.29, 0.717) is 22.1 Å². The first kappa shape index (κ1) is 15.2. The van der Waals surface area contributed by atoms with Gasteiger partial charge in [0.15, 0.2) is 0 Å². The largest absolute Gasteiger partial charge is 0.465 e. The Kier molecular flexibility index (Phi) is 3.83. The first-order chi connectivity index (χ1) is 11.0. The number of para-hydroxylation sites is 1. The van der Waals surface area contributed by atoms with Gasteiger partial charge in [0.25, 0.3) is 17.4 Å². The van der Waals surface area contributed by atoms with Gasteiger partial charge in [0.05, 0.1) is 11.4 Å². The number of hydrogen-bond donors (Lipinski definition) is 3. The molecule has 2 aromatic rings. The SMILES string of the molecule is CC1(C(=O)NNc2ccccc2)Oc2ccc(Cl)cc2NC1=O. The number of fused-ring (bicyclic) bond motifs is 1. The molecule has 0 bridgehead atoms. The summed E-state index contributed by atoms with van der Waals surface area (Å²) in [6, 6.07) is 13.8. The second-order valence-electron chi connectivity index (χ2n) is 5.18. The molecule has 7 heteroatoms. The number of carbonyl (C=O) groups excluding carboxylic acids is 2. The van der Waals surface area contributed by atoms with Gasteiger partial charge in [-0.05, 0) is 37.3 Å². The summed E-state index contributed by atoms with van der Waals surface area (Å²) < 4.78 is 5.61. The molecule has 2 amide bonds. The maximum absolute atomic E-state index is 12.4. The monoisotopic (exact) mass is 331 g/mol. The predicted octanol–water partition coefficient (Wildman–Crippen LogP) is 2.57. The molecule has 1 aliphatic rings. The smallest absolute Gasteiger partial charge is 0.292 e. The molecule has 1 aliphatic heterocycles. The first-order valence-electron chi connectivity index (χ1n) is 6.90. The molecule has 0 aromatic heterocycles.